The summed E-state index contributed by atoms with van der Waals surface area (Å²) in [7, 11) is 0. The van der Waals surface area contributed by atoms with E-state index < -0.39 is 0 Å². The molecule has 0 radical (unpaired) electrons. The first-order valence-corrected chi connectivity index (χ1v) is 11.1. The van der Waals surface area contributed by atoms with E-state index in [1.807, 2.05) is 0 Å². The van der Waals surface area contributed by atoms with Crippen LogP contribution in [0.4, 0.5) is 0 Å². The van der Waals surface area contributed by atoms with Crippen molar-refractivity contribution in [1.82, 2.24) is 0 Å². The van der Waals surface area contributed by atoms with Crippen molar-refractivity contribution in [2.75, 3.05) is 6.54 Å². The molecule has 2 heteroatoms. The Morgan fingerprint density at radius 1 is 0.923 bits per heavy atom. The zero-order valence-electron chi connectivity index (χ0n) is 17.1. The van der Waals surface area contributed by atoms with Crippen molar-refractivity contribution < 1.29 is 4.74 Å². The minimum atomic E-state index is 0.318. The van der Waals surface area contributed by atoms with Crippen molar-refractivity contribution in [2.45, 2.75) is 103 Å². The molecule has 0 spiro atoms. The molecule has 0 aliphatic heterocycles. The van der Waals surface area contributed by atoms with Gasteiger partial charge in [0.25, 0.3) is 0 Å². The maximum Gasteiger partial charge on any atom is 0.183 e. The smallest absolute Gasteiger partial charge is 0.183 e. The normalized spacial score (nSPS) is 20.5. The Morgan fingerprint density at radius 2 is 1.65 bits per heavy atom. The van der Waals surface area contributed by atoms with E-state index in [2.05, 4.69) is 44.2 Å². The van der Waals surface area contributed by atoms with E-state index in [9.17, 15) is 0 Å². The van der Waals surface area contributed by atoms with Gasteiger partial charge in [-0.15, -0.1) is 0 Å². The molecule has 1 fully saturated rings. The molecule has 0 bridgehead atoms. The molecule has 1 aliphatic carbocycles. The molecule has 2 rings (SSSR count). The van der Waals surface area contributed by atoms with Crippen molar-refractivity contribution in [3.05, 3.63) is 35.9 Å². The number of rotatable bonds is 12. The second-order valence-corrected chi connectivity index (χ2v) is 7.75. The van der Waals surface area contributed by atoms with Gasteiger partial charge in [-0.1, -0.05) is 82.7 Å². The van der Waals surface area contributed by atoms with E-state index >= 15 is 0 Å². The highest BCUT2D eigenvalue weighted by Gasteiger charge is 2.30. The van der Waals surface area contributed by atoms with E-state index in [-0.39, 0.29) is 0 Å². The van der Waals surface area contributed by atoms with Gasteiger partial charge in [0.1, 0.15) is 6.10 Å². The van der Waals surface area contributed by atoms with Gasteiger partial charge in [-0.05, 0) is 37.7 Å². The molecule has 0 N–H and O–H groups in total. The van der Waals surface area contributed by atoms with Gasteiger partial charge in [0.15, 0.2) is 5.90 Å². The summed E-state index contributed by atoms with van der Waals surface area (Å²) in [6, 6.07) is 10.9. The SMILES string of the molecule is CCCCCC/N=C(\CCCCCC)O[C@H]1CCC[C@H]1c1ccccc1. The third kappa shape index (κ3) is 7.51. The first kappa shape index (κ1) is 21.0. The number of aliphatic imine (C=N–C) groups is 1. The van der Waals surface area contributed by atoms with Crippen molar-refractivity contribution in [2.24, 2.45) is 4.99 Å². The molecule has 0 heterocycles. The second kappa shape index (κ2) is 12.9. The molecular formula is C24H39NO. The third-order valence-corrected chi connectivity index (χ3v) is 5.51. The minimum absolute atomic E-state index is 0.318. The van der Waals surface area contributed by atoms with Crippen molar-refractivity contribution >= 4 is 5.90 Å². The number of unbranched alkanes of at least 4 members (excludes halogenated alkanes) is 6. The molecule has 0 saturated heterocycles. The van der Waals surface area contributed by atoms with E-state index in [1.165, 1.54) is 76.2 Å². The van der Waals surface area contributed by atoms with Gasteiger partial charge in [-0.2, -0.15) is 0 Å². The van der Waals surface area contributed by atoms with Crippen LogP contribution in [0.15, 0.2) is 35.3 Å². The first-order chi connectivity index (χ1) is 12.8. The zero-order chi connectivity index (χ0) is 18.5. The lowest BCUT2D eigenvalue weighted by Crippen LogP contribution is -2.21. The molecule has 1 aliphatic rings. The summed E-state index contributed by atoms with van der Waals surface area (Å²) in [6.07, 6.45) is 15.2. The summed E-state index contributed by atoms with van der Waals surface area (Å²) in [5.74, 6) is 1.57. The average Bonchev–Trinajstić information content (AvgIpc) is 3.13. The third-order valence-electron chi connectivity index (χ3n) is 5.51. The fourth-order valence-electron chi connectivity index (χ4n) is 3.94. The Labute approximate surface area is 161 Å². The molecule has 0 aromatic heterocycles. The topological polar surface area (TPSA) is 21.6 Å². The van der Waals surface area contributed by atoms with Crippen LogP contribution in [0, 0.1) is 0 Å². The summed E-state index contributed by atoms with van der Waals surface area (Å²) in [5.41, 5.74) is 1.43. The van der Waals surface area contributed by atoms with E-state index in [0.29, 0.717) is 12.0 Å². The van der Waals surface area contributed by atoms with Gasteiger partial charge in [-0.25, -0.2) is 0 Å². The summed E-state index contributed by atoms with van der Waals surface area (Å²) in [6.45, 7) is 5.46. The summed E-state index contributed by atoms with van der Waals surface area (Å²) < 4.78 is 6.52. The molecular weight excluding hydrogens is 318 g/mol. The van der Waals surface area contributed by atoms with Crippen LogP contribution in [0.5, 0.6) is 0 Å². The van der Waals surface area contributed by atoms with Gasteiger partial charge in [0.2, 0.25) is 0 Å². The largest absolute Gasteiger partial charge is 0.477 e. The van der Waals surface area contributed by atoms with Gasteiger partial charge >= 0.3 is 0 Å². The van der Waals surface area contributed by atoms with Gasteiger partial charge in [0, 0.05) is 18.9 Å². The highest BCUT2D eigenvalue weighted by atomic mass is 16.5. The van der Waals surface area contributed by atoms with Crippen LogP contribution in [0.1, 0.15) is 102 Å². The second-order valence-electron chi connectivity index (χ2n) is 7.75. The highest BCUT2D eigenvalue weighted by molar-refractivity contribution is 5.76. The van der Waals surface area contributed by atoms with Crippen molar-refractivity contribution in [3.8, 4) is 0 Å². The van der Waals surface area contributed by atoms with Crippen LogP contribution < -0.4 is 0 Å². The molecule has 1 aromatic carbocycles. The van der Waals surface area contributed by atoms with Crippen LogP contribution in [-0.4, -0.2) is 18.5 Å². The monoisotopic (exact) mass is 357 g/mol. The number of nitrogens with zero attached hydrogens (tertiary/aromatic N) is 1. The Hall–Kier alpha value is -1.31. The van der Waals surface area contributed by atoms with Crippen LogP contribution in [-0.2, 0) is 4.74 Å². The van der Waals surface area contributed by atoms with Crippen LogP contribution in [0.25, 0.3) is 0 Å². The molecule has 1 saturated carbocycles. The molecule has 2 atom stereocenters. The molecule has 2 nitrogen and oxygen atoms in total. The van der Waals surface area contributed by atoms with E-state index in [1.54, 1.807) is 0 Å². The van der Waals surface area contributed by atoms with E-state index in [0.717, 1.165) is 18.9 Å². The highest BCUT2D eigenvalue weighted by Crippen LogP contribution is 2.37. The molecule has 1 aromatic rings. The van der Waals surface area contributed by atoms with Crippen LogP contribution in [0.3, 0.4) is 0 Å². The zero-order valence-corrected chi connectivity index (χ0v) is 17.1. The maximum absolute atomic E-state index is 6.52. The summed E-state index contributed by atoms with van der Waals surface area (Å²) >= 11 is 0. The lowest BCUT2D eigenvalue weighted by Gasteiger charge is -2.23. The van der Waals surface area contributed by atoms with E-state index in [4.69, 9.17) is 9.73 Å². The number of hydrogen-bond donors (Lipinski definition) is 0. The molecule has 0 amide bonds. The van der Waals surface area contributed by atoms with Gasteiger partial charge in [0.05, 0.1) is 0 Å². The van der Waals surface area contributed by atoms with Crippen molar-refractivity contribution in [1.29, 1.82) is 0 Å². The summed E-state index contributed by atoms with van der Waals surface area (Å²) in [4.78, 5) is 4.88. The Morgan fingerprint density at radius 3 is 2.38 bits per heavy atom. The van der Waals surface area contributed by atoms with Crippen LogP contribution >= 0.6 is 0 Å². The lowest BCUT2D eigenvalue weighted by atomic mass is 9.96. The fourth-order valence-corrected chi connectivity index (χ4v) is 3.94. The number of ether oxygens (including phenoxy) is 1. The molecule has 26 heavy (non-hydrogen) atoms. The summed E-state index contributed by atoms with van der Waals surface area (Å²) in [5, 5.41) is 0. The maximum atomic E-state index is 6.52. The standard InChI is InChI=1S/C24H39NO/c1-3-5-7-12-19-24(25-20-13-8-6-4-2)26-23-18-14-17-22(23)21-15-10-9-11-16-21/h9-11,15-16,22-23H,3-8,12-14,17-20H2,1-2H3/b25-24+/t22-,23-/m0/s1. The quantitative estimate of drug-likeness (QED) is 0.219. The minimum Gasteiger partial charge on any atom is -0.477 e. The van der Waals surface area contributed by atoms with Crippen molar-refractivity contribution in [3.63, 3.8) is 0 Å². The Balaban J connectivity index is 1.91. The molecule has 146 valence electrons. The Bertz CT molecular complexity index is 496. The number of hydrogen-bond acceptors (Lipinski definition) is 2. The lowest BCUT2D eigenvalue weighted by molar-refractivity contribution is 0.170. The Kier molecular flexibility index (Phi) is 10.5. The average molecular weight is 358 g/mol. The molecule has 0 unspecified atom stereocenters. The van der Waals surface area contributed by atoms with Crippen LogP contribution in [0.2, 0.25) is 0 Å². The van der Waals surface area contributed by atoms with Gasteiger partial charge < -0.3 is 4.74 Å². The number of benzene rings is 1. The predicted molar refractivity (Wildman–Crippen MR) is 113 cm³/mol. The first-order valence-electron chi connectivity index (χ1n) is 11.1. The van der Waals surface area contributed by atoms with Gasteiger partial charge in [-0.3, -0.25) is 4.99 Å². The fraction of sp³-hybridized carbons (Fsp3) is 0.708. The predicted octanol–water partition coefficient (Wildman–Crippen LogP) is 7.29.